The van der Waals surface area contributed by atoms with Crippen LogP contribution in [-0.4, -0.2) is 52.7 Å². The molecule has 230 valence electrons. The van der Waals surface area contributed by atoms with Gasteiger partial charge in [-0.3, -0.25) is 9.79 Å². The molecule has 0 spiro atoms. The molecular weight excluding hydrogens is 595 g/mol. The molecule has 4 rings (SSSR count). The van der Waals surface area contributed by atoms with E-state index in [9.17, 15) is 27.9 Å². The second-order valence-corrected chi connectivity index (χ2v) is 10.5. The maximum atomic E-state index is 13.0. The molecule has 3 aromatic carbocycles. The first-order chi connectivity index (χ1) is 21.0. The Bertz CT molecular complexity index is 1510. The third-order valence-corrected chi connectivity index (χ3v) is 7.40. The Morgan fingerprint density at radius 3 is 1.80 bits per heavy atom. The Morgan fingerprint density at radius 1 is 0.818 bits per heavy atom. The molecule has 1 atom stereocenters. The minimum atomic E-state index is -5.08. The quantitative estimate of drug-likeness (QED) is 0.0925. The summed E-state index contributed by atoms with van der Waals surface area (Å²) in [5.41, 5.74) is 9.08. The number of carboxylic acids is 2. The molecule has 0 aliphatic heterocycles. The highest BCUT2D eigenvalue weighted by Crippen LogP contribution is 2.36. The van der Waals surface area contributed by atoms with Crippen LogP contribution in [0.5, 0.6) is 0 Å². The number of benzene rings is 3. The molecule has 0 fully saturated rings. The van der Waals surface area contributed by atoms with Gasteiger partial charge in [0.15, 0.2) is 0 Å². The maximum Gasteiger partial charge on any atom is 0.490 e. The van der Waals surface area contributed by atoms with E-state index in [1.54, 1.807) is 6.07 Å². The molecule has 44 heavy (non-hydrogen) atoms. The Morgan fingerprint density at radius 2 is 1.32 bits per heavy atom. The number of nitrogens with two attached hydrogens (primary N) is 1. The molecule has 0 saturated carbocycles. The van der Waals surface area contributed by atoms with E-state index in [0.29, 0.717) is 23.7 Å². The van der Waals surface area contributed by atoms with Gasteiger partial charge in [-0.15, -0.1) is 11.3 Å². The number of carbonyl (C=O) groups is 3. The van der Waals surface area contributed by atoms with Crippen LogP contribution >= 0.6 is 11.3 Å². The van der Waals surface area contributed by atoms with Crippen molar-refractivity contribution in [3.63, 3.8) is 0 Å². The molecule has 8 nitrogen and oxygen atoms in total. The van der Waals surface area contributed by atoms with Gasteiger partial charge in [-0.1, -0.05) is 91.0 Å². The number of thiophene rings is 1. The summed E-state index contributed by atoms with van der Waals surface area (Å²) in [5.74, 6) is -3.83. The largest absolute Gasteiger partial charge is 0.490 e. The van der Waals surface area contributed by atoms with Crippen LogP contribution in [0.1, 0.15) is 50.0 Å². The van der Waals surface area contributed by atoms with Gasteiger partial charge in [-0.25, -0.2) is 9.59 Å². The summed E-state index contributed by atoms with van der Waals surface area (Å²) in [7, 11) is 0. The number of hydrogen-bond acceptors (Lipinski definition) is 5. The average molecular weight is 626 g/mol. The topological polar surface area (TPSA) is 142 Å². The fourth-order valence-electron chi connectivity index (χ4n) is 4.12. The zero-order chi connectivity index (χ0) is 32.1. The summed E-state index contributed by atoms with van der Waals surface area (Å²) in [5, 5.41) is 19.5. The minimum absolute atomic E-state index is 0.0165. The normalized spacial score (nSPS) is 12.1. The molecule has 0 unspecified atom stereocenters. The van der Waals surface area contributed by atoms with Crippen molar-refractivity contribution in [2.24, 2.45) is 10.7 Å². The third-order valence-electron chi connectivity index (χ3n) is 6.25. The van der Waals surface area contributed by atoms with Crippen molar-refractivity contribution in [1.29, 1.82) is 0 Å². The van der Waals surface area contributed by atoms with Crippen molar-refractivity contribution in [3.8, 4) is 0 Å². The summed E-state index contributed by atoms with van der Waals surface area (Å²) in [6.45, 7) is 0.374. The van der Waals surface area contributed by atoms with Crippen molar-refractivity contribution in [2.45, 2.75) is 31.0 Å². The van der Waals surface area contributed by atoms with E-state index in [4.69, 9.17) is 15.6 Å². The number of aliphatic imine (C=N–C) groups is 1. The summed E-state index contributed by atoms with van der Waals surface area (Å²) < 4.78 is 31.7. The summed E-state index contributed by atoms with van der Waals surface area (Å²) in [4.78, 5) is 39.5. The fourth-order valence-corrected chi connectivity index (χ4v) is 5.19. The van der Waals surface area contributed by atoms with E-state index in [-0.39, 0.29) is 12.3 Å². The van der Waals surface area contributed by atoms with Crippen LogP contribution in [-0.2, 0) is 9.59 Å². The number of hydrogen-bond donors (Lipinski definition) is 4. The number of carboxylic acid groups (broad SMARTS) is 2. The molecule has 0 aliphatic rings. The number of rotatable bonds is 11. The first-order valence-electron chi connectivity index (χ1n) is 13.4. The van der Waals surface area contributed by atoms with Gasteiger partial charge in [0, 0.05) is 22.9 Å². The van der Waals surface area contributed by atoms with E-state index in [0.717, 1.165) is 21.6 Å². The molecular formula is C32H30F3N3O5S. The van der Waals surface area contributed by atoms with Crippen LogP contribution in [0, 0.1) is 0 Å². The SMILES string of the molecule is NC(=NCCC[C@H](NC(=O)c1ccc(C(c2ccccc2)c2ccccc2)s1)C(=O)O)c1ccccc1.O=C(O)C(F)(F)F. The Labute approximate surface area is 255 Å². The van der Waals surface area contributed by atoms with Crippen molar-refractivity contribution in [3.05, 3.63) is 130 Å². The number of alkyl halides is 3. The standard InChI is InChI=1S/C30H29N3O3S.C2HF3O2/c31-28(23-15-8-3-9-16-23)32-20-10-17-24(30(35)36)33-29(34)26-19-18-25(37-26)27(21-11-4-1-5-12-21)22-13-6-2-7-14-22;3-2(4,5)1(6)7/h1-9,11-16,18-19,24,27H,10,17,20H2,(H2,31,32)(H,33,34)(H,35,36);(H,6,7)/t24-;/m0./s1. The minimum Gasteiger partial charge on any atom is -0.480 e. The lowest BCUT2D eigenvalue weighted by Gasteiger charge is -2.17. The van der Waals surface area contributed by atoms with E-state index in [2.05, 4.69) is 34.6 Å². The highest BCUT2D eigenvalue weighted by Gasteiger charge is 2.38. The van der Waals surface area contributed by atoms with Gasteiger partial charge in [0.25, 0.3) is 5.91 Å². The van der Waals surface area contributed by atoms with E-state index < -0.39 is 30.1 Å². The first kappa shape index (κ1) is 33.5. The van der Waals surface area contributed by atoms with Gasteiger partial charge in [-0.05, 0) is 36.1 Å². The molecule has 0 bridgehead atoms. The zero-order valence-corrected chi connectivity index (χ0v) is 24.1. The Balaban J connectivity index is 0.000000676. The van der Waals surface area contributed by atoms with Gasteiger partial charge in [0.05, 0.1) is 4.88 Å². The van der Waals surface area contributed by atoms with E-state index in [1.807, 2.05) is 72.8 Å². The predicted octanol–water partition coefficient (Wildman–Crippen LogP) is 5.93. The molecule has 12 heteroatoms. The lowest BCUT2D eigenvalue weighted by atomic mass is 9.90. The van der Waals surface area contributed by atoms with Crippen molar-refractivity contribution < 1.29 is 37.8 Å². The number of carbonyl (C=O) groups excluding carboxylic acids is 1. The second-order valence-electron chi connectivity index (χ2n) is 9.40. The van der Waals surface area contributed by atoms with E-state index >= 15 is 0 Å². The molecule has 1 heterocycles. The van der Waals surface area contributed by atoms with Gasteiger partial charge in [0.2, 0.25) is 0 Å². The summed E-state index contributed by atoms with van der Waals surface area (Å²) >= 11 is 1.38. The maximum absolute atomic E-state index is 13.0. The van der Waals surface area contributed by atoms with Crippen LogP contribution in [0.15, 0.2) is 108 Å². The van der Waals surface area contributed by atoms with Crippen LogP contribution < -0.4 is 11.1 Å². The number of nitrogens with one attached hydrogen (secondary N) is 1. The average Bonchev–Trinajstić information content (AvgIpc) is 3.50. The van der Waals surface area contributed by atoms with Gasteiger partial charge in [-0.2, -0.15) is 13.2 Å². The summed E-state index contributed by atoms with van der Waals surface area (Å²) in [6, 6.07) is 32.4. The van der Waals surface area contributed by atoms with Crippen LogP contribution in [0.4, 0.5) is 13.2 Å². The van der Waals surface area contributed by atoms with Crippen LogP contribution in [0.2, 0.25) is 0 Å². The van der Waals surface area contributed by atoms with Gasteiger partial charge in [0.1, 0.15) is 11.9 Å². The molecule has 4 aromatic rings. The smallest absolute Gasteiger partial charge is 0.480 e. The number of halogens is 3. The number of nitrogens with zero attached hydrogens (tertiary/aromatic N) is 1. The van der Waals surface area contributed by atoms with Crippen molar-refractivity contribution in [2.75, 3.05) is 6.54 Å². The molecule has 5 N–H and O–H groups in total. The van der Waals surface area contributed by atoms with Crippen LogP contribution in [0.3, 0.4) is 0 Å². The molecule has 0 saturated heterocycles. The highest BCUT2D eigenvalue weighted by atomic mass is 32.1. The van der Waals surface area contributed by atoms with Gasteiger partial charge < -0.3 is 21.3 Å². The lowest BCUT2D eigenvalue weighted by molar-refractivity contribution is -0.192. The monoisotopic (exact) mass is 625 g/mol. The fraction of sp³-hybridized carbons (Fsp3) is 0.188. The summed E-state index contributed by atoms with van der Waals surface area (Å²) in [6.07, 6.45) is -4.36. The molecule has 1 aromatic heterocycles. The second kappa shape index (κ2) is 16.0. The van der Waals surface area contributed by atoms with Crippen molar-refractivity contribution >= 4 is 35.0 Å². The third kappa shape index (κ3) is 10.1. The Hall–Kier alpha value is -4.97. The molecule has 0 radical (unpaired) electrons. The first-order valence-corrected chi connectivity index (χ1v) is 14.2. The van der Waals surface area contributed by atoms with Gasteiger partial charge >= 0.3 is 18.1 Å². The lowest BCUT2D eigenvalue weighted by Crippen LogP contribution is -2.40. The Kier molecular flexibility index (Phi) is 12.2. The molecule has 0 aliphatic carbocycles. The van der Waals surface area contributed by atoms with E-state index in [1.165, 1.54) is 11.3 Å². The zero-order valence-electron chi connectivity index (χ0n) is 23.3. The number of aliphatic carboxylic acids is 2. The predicted molar refractivity (Wildman–Crippen MR) is 162 cm³/mol. The highest BCUT2D eigenvalue weighted by molar-refractivity contribution is 7.14. The van der Waals surface area contributed by atoms with Crippen LogP contribution in [0.25, 0.3) is 0 Å². The van der Waals surface area contributed by atoms with Crippen molar-refractivity contribution in [1.82, 2.24) is 5.32 Å². The molecule has 1 amide bonds. The number of amides is 1. The number of amidine groups is 1.